The largest absolute Gasteiger partial charge is 0.451 e. The minimum atomic E-state index is 0.384. The Balaban J connectivity index is 1.98. The SMILES string of the molecule is Nc1cncc(NCc2cocn2)n1. The summed E-state index contributed by atoms with van der Waals surface area (Å²) < 4.78 is 4.81. The molecule has 2 aromatic heterocycles. The Bertz CT molecular complexity index is 400. The molecule has 3 N–H and O–H groups in total. The molecule has 0 saturated carbocycles. The second kappa shape index (κ2) is 3.73. The van der Waals surface area contributed by atoms with Gasteiger partial charge in [-0.15, -0.1) is 0 Å². The molecule has 0 amide bonds. The molecule has 0 aromatic carbocycles. The first-order chi connectivity index (χ1) is 6.84. The fourth-order valence-electron chi connectivity index (χ4n) is 0.972. The quantitative estimate of drug-likeness (QED) is 0.740. The lowest BCUT2D eigenvalue weighted by atomic mass is 10.5. The maximum atomic E-state index is 5.46. The van der Waals surface area contributed by atoms with Crippen molar-refractivity contribution >= 4 is 11.6 Å². The smallest absolute Gasteiger partial charge is 0.180 e. The van der Waals surface area contributed by atoms with Gasteiger partial charge in [-0.1, -0.05) is 0 Å². The summed E-state index contributed by atoms with van der Waals surface area (Å²) in [6.07, 6.45) is 6.02. The first kappa shape index (κ1) is 8.49. The predicted molar refractivity (Wildman–Crippen MR) is 50.3 cm³/mol. The zero-order valence-corrected chi connectivity index (χ0v) is 7.34. The number of anilines is 2. The lowest BCUT2D eigenvalue weighted by molar-refractivity contribution is 0.556. The second-order valence-electron chi connectivity index (χ2n) is 2.66. The molecule has 0 spiro atoms. The molecule has 0 radical (unpaired) electrons. The van der Waals surface area contributed by atoms with Crippen LogP contribution in [0.15, 0.2) is 29.5 Å². The molecule has 14 heavy (non-hydrogen) atoms. The van der Waals surface area contributed by atoms with Gasteiger partial charge < -0.3 is 15.5 Å². The Morgan fingerprint density at radius 2 is 2.36 bits per heavy atom. The molecule has 2 rings (SSSR count). The van der Waals surface area contributed by atoms with E-state index >= 15 is 0 Å². The summed E-state index contributed by atoms with van der Waals surface area (Å²) in [6, 6.07) is 0. The van der Waals surface area contributed by atoms with Crippen molar-refractivity contribution in [1.29, 1.82) is 0 Å². The van der Waals surface area contributed by atoms with Gasteiger partial charge >= 0.3 is 0 Å². The third-order valence-electron chi connectivity index (χ3n) is 1.59. The molecular formula is C8H9N5O. The molecule has 0 bridgehead atoms. The summed E-state index contributed by atoms with van der Waals surface area (Å²) in [5.74, 6) is 1.00. The Kier molecular flexibility index (Phi) is 2.26. The Morgan fingerprint density at radius 1 is 1.43 bits per heavy atom. The van der Waals surface area contributed by atoms with Crippen LogP contribution in [0.1, 0.15) is 5.69 Å². The Morgan fingerprint density at radius 3 is 3.07 bits per heavy atom. The second-order valence-corrected chi connectivity index (χ2v) is 2.66. The molecule has 0 aliphatic rings. The molecule has 0 atom stereocenters. The molecule has 72 valence electrons. The van der Waals surface area contributed by atoms with E-state index in [9.17, 15) is 0 Å². The van der Waals surface area contributed by atoms with Crippen LogP contribution >= 0.6 is 0 Å². The molecule has 0 aliphatic carbocycles. The highest BCUT2D eigenvalue weighted by Crippen LogP contribution is 2.04. The van der Waals surface area contributed by atoms with Gasteiger partial charge in [0.2, 0.25) is 0 Å². The maximum Gasteiger partial charge on any atom is 0.180 e. The van der Waals surface area contributed by atoms with E-state index in [1.165, 1.54) is 12.6 Å². The van der Waals surface area contributed by atoms with Crippen molar-refractivity contribution in [1.82, 2.24) is 15.0 Å². The number of hydrogen-bond acceptors (Lipinski definition) is 6. The molecule has 2 heterocycles. The van der Waals surface area contributed by atoms with Gasteiger partial charge in [0.05, 0.1) is 24.6 Å². The average molecular weight is 191 g/mol. The lowest BCUT2D eigenvalue weighted by Crippen LogP contribution is -2.03. The van der Waals surface area contributed by atoms with Crippen molar-refractivity contribution in [2.24, 2.45) is 0 Å². The summed E-state index contributed by atoms with van der Waals surface area (Å²) in [5.41, 5.74) is 6.26. The highest BCUT2D eigenvalue weighted by Gasteiger charge is 1.97. The molecular weight excluding hydrogens is 182 g/mol. The van der Waals surface area contributed by atoms with Gasteiger partial charge in [-0.05, 0) is 0 Å². The molecule has 0 aliphatic heterocycles. The standard InChI is InChI=1S/C8H9N5O/c9-7-2-10-3-8(13-7)11-1-6-4-14-5-12-6/h2-5H,1H2,(H3,9,11,13). The van der Waals surface area contributed by atoms with Gasteiger partial charge in [-0.25, -0.2) is 9.97 Å². The van der Waals surface area contributed by atoms with Crippen LogP contribution < -0.4 is 11.1 Å². The van der Waals surface area contributed by atoms with E-state index in [1.807, 2.05) is 0 Å². The number of nitrogens with one attached hydrogen (secondary N) is 1. The molecule has 6 nitrogen and oxygen atoms in total. The molecule has 0 unspecified atom stereocenters. The topological polar surface area (TPSA) is 89.9 Å². The highest BCUT2D eigenvalue weighted by atomic mass is 16.3. The lowest BCUT2D eigenvalue weighted by Gasteiger charge is -2.02. The van der Waals surface area contributed by atoms with E-state index in [2.05, 4.69) is 20.3 Å². The zero-order valence-electron chi connectivity index (χ0n) is 7.34. The third-order valence-corrected chi connectivity index (χ3v) is 1.59. The van der Waals surface area contributed by atoms with E-state index in [4.69, 9.17) is 10.2 Å². The molecule has 0 fully saturated rings. The monoisotopic (exact) mass is 191 g/mol. The van der Waals surface area contributed by atoms with E-state index in [0.29, 0.717) is 18.2 Å². The number of nitrogens with two attached hydrogens (primary N) is 1. The van der Waals surface area contributed by atoms with Crippen LogP contribution in [0.25, 0.3) is 0 Å². The van der Waals surface area contributed by atoms with Gasteiger partial charge in [0, 0.05) is 0 Å². The van der Waals surface area contributed by atoms with Gasteiger partial charge in [-0.3, -0.25) is 4.98 Å². The van der Waals surface area contributed by atoms with E-state index in [-0.39, 0.29) is 0 Å². The Labute approximate surface area is 80.2 Å². The summed E-state index contributed by atoms with van der Waals surface area (Å²) in [4.78, 5) is 11.9. The summed E-state index contributed by atoms with van der Waals surface area (Å²) in [5, 5.41) is 3.01. The molecule has 0 saturated heterocycles. The van der Waals surface area contributed by atoms with E-state index < -0.39 is 0 Å². The van der Waals surface area contributed by atoms with E-state index in [0.717, 1.165) is 5.69 Å². The average Bonchev–Trinajstić information content (AvgIpc) is 2.67. The van der Waals surface area contributed by atoms with Crippen molar-refractivity contribution in [2.75, 3.05) is 11.1 Å². The first-order valence-corrected chi connectivity index (χ1v) is 4.03. The van der Waals surface area contributed by atoms with Gasteiger partial charge in [0.1, 0.15) is 17.9 Å². The van der Waals surface area contributed by atoms with Crippen LogP contribution in [0.4, 0.5) is 11.6 Å². The van der Waals surface area contributed by atoms with Crippen LogP contribution in [-0.4, -0.2) is 15.0 Å². The minimum absolute atomic E-state index is 0.384. The first-order valence-electron chi connectivity index (χ1n) is 4.03. The Hall–Kier alpha value is -2.11. The van der Waals surface area contributed by atoms with Crippen LogP contribution in [-0.2, 0) is 6.54 Å². The van der Waals surface area contributed by atoms with Gasteiger partial charge in [0.15, 0.2) is 6.39 Å². The van der Waals surface area contributed by atoms with Crippen LogP contribution in [0, 0.1) is 0 Å². The van der Waals surface area contributed by atoms with E-state index in [1.54, 1.807) is 12.5 Å². The number of aromatic nitrogens is 3. The number of nitrogen functional groups attached to an aromatic ring is 1. The maximum absolute atomic E-state index is 5.46. The van der Waals surface area contributed by atoms with Gasteiger partial charge in [-0.2, -0.15) is 0 Å². The summed E-state index contributed by atoms with van der Waals surface area (Å²) in [7, 11) is 0. The van der Waals surface area contributed by atoms with Crippen LogP contribution in [0.2, 0.25) is 0 Å². The summed E-state index contributed by atoms with van der Waals surface area (Å²) in [6.45, 7) is 0.536. The fourth-order valence-corrected chi connectivity index (χ4v) is 0.972. The number of rotatable bonds is 3. The normalized spacial score (nSPS) is 10.0. The molecule has 6 heteroatoms. The van der Waals surface area contributed by atoms with Crippen LogP contribution in [0.3, 0.4) is 0 Å². The highest BCUT2D eigenvalue weighted by molar-refractivity contribution is 5.38. The minimum Gasteiger partial charge on any atom is -0.451 e. The van der Waals surface area contributed by atoms with Gasteiger partial charge in [0.25, 0.3) is 0 Å². The predicted octanol–water partition coefficient (Wildman–Crippen LogP) is 0.659. The number of hydrogen-bond donors (Lipinski definition) is 2. The fraction of sp³-hybridized carbons (Fsp3) is 0.125. The summed E-state index contributed by atoms with van der Waals surface area (Å²) >= 11 is 0. The van der Waals surface area contributed by atoms with Crippen molar-refractivity contribution in [3.8, 4) is 0 Å². The van der Waals surface area contributed by atoms with Crippen molar-refractivity contribution in [2.45, 2.75) is 6.54 Å². The van der Waals surface area contributed by atoms with Crippen molar-refractivity contribution in [3.05, 3.63) is 30.7 Å². The zero-order chi connectivity index (χ0) is 9.80. The van der Waals surface area contributed by atoms with Crippen LogP contribution in [0.5, 0.6) is 0 Å². The number of oxazole rings is 1. The molecule has 2 aromatic rings. The van der Waals surface area contributed by atoms with Crippen molar-refractivity contribution < 1.29 is 4.42 Å². The number of nitrogens with zero attached hydrogens (tertiary/aromatic N) is 3. The van der Waals surface area contributed by atoms with Crippen molar-refractivity contribution in [3.63, 3.8) is 0 Å². The third kappa shape index (κ3) is 1.98.